The molecule has 172 valence electrons. The minimum Gasteiger partial charge on any atom is -0.378 e. The number of morpholine rings is 1. The largest absolute Gasteiger partial charge is 0.378 e. The Bertz CT molecular complexity index is 990. The molecule has 1 fully saturated rings. The summed E-state index contributed by atoms with van der Waals surface area (Å²) in [5.41, 5.74) is 4.13. The quantitative estimate of drug-likeness (QED) is 0.613. The predicted molar refractivity (Wildman–Crippen MR) is 125 cm³/mol. The van der Waals surface area contributed by atoms with Crippen molar-refractivity contribution in [2.24, 2.45) is 0 Å². The van der Waals surface area contributed by atoms with Crippen molar-refractivity contribution in [1.82, 2.24) is 9.88 Å². The number of benzene rings is 1. The van der Waals surface area contributed by atoms with Gasteiger partial charge in [0.15, 0.2) is 11.6 Å². The van der Waals surface area contributed by atoms with Crippen molar-refractivity contribution < 1.29 is 19.1 Å². The molecule has 0 saturated carbocycles. The van der Waals surface area contributed by atoms with Gasteiger partial charge in [0.1, 0.15) is 0 Å². The number of hydrogen-bond acceptors (Lipinski definition) is 6. The van der Waals surface area contributed by atoms with E-state index in [2.05, 4.69) is 15.2 Å². The van der Waals surface area contributed by atoms with E-state index in [1.54, 1.807) is 32.7 Å². The first-order valence-corrected chi connectivity index (χ1v) is 10.9. The molecule has 1 aromatic carbocycles. The van der Waals surface area contributed by atoms with Crippen molar-refractivity contribution in [2.75, 3.05) is 50.1 Å². The Morgan fingerprint density at radius 3 is 2.34 bits per heavy atom. The minimum atomic E-state index is -0.527. The average molecular weight is 441 g/mol. The van der Waals surface area contributed by atoms with E-state index in [1.807, 2.05) is 24.3 Å². The van der Waals surface area contributed by atoms with Gasteiger partial charge in [-0.25, -0.2) is 0 Å². The van der Waals surface area contributed by atoms with Crippen LogP contribution in [-0.2, 0) is 9.53 Å². The first kappa shape index (κ1) is 23.7. The zero-order chi connectivity index (χ0) is 23.4. The van der Waals surface area contributed by atoms with Gasteiger partial charge in [-0.15, -0.1) is 0 Å². The molecule has 2 N–H and O–H groups in total. The third-order valence-corrected chi connectivity index (χ3v) is 6.00. The number of carbonyl (C=O) groups is 3. The molecule has 0 spiro atoms. The van der Waals surface area contributed by atoms with Crippen molar-refractivity contribution in [1.29, 1.82) is 0 Å². The number of likely N-dealkylation sites (N-methyl/N-ethyl adjacent to an activating group) is 1. The van der Waals surface area contributed by atoms with Crippen molar-refractivity contribution >= 4 is 28.8 Å². The van der Waals surface area contributed by atoms with Crippen molar-refractivity contribution in [3.8, 4) is 0 Å². The van der Waals surface area contributed by atoms with Crippen LogP contribution in [-0.4, -0.2) is 73.3 Å². The number of aryl methyl sites for hydroxylation is 1. The number of carbonyl (C=O) groups excluding carboxylic acids is 3. The molecule has 3 rings (SSSR count). The van der Waals surface area contributed by atoms with Crippen LogP contribution in [0.2, 0.25) is 0 Å². The van der Waals surface area contributed by atoms with E-state index in [9.17, 15) is 14.4 Å². The molecule has 0 aliphatic carbocycles. The Balaban J connectivity index is 1.58. The molecule has 0 bridgehead atoms. The SMILES string of the molecule is CC(=O)c1c(C)[nH]c(C(=O)C(C)N(C)CC(=O)Nc2ccc(N3CCOCC3)cc2)c1C. The summed E-state index contributed by atoms with van der Waals surface area (Å²) in [5, 5.41) is 2.89. The van der Waals surface area contributed by atoms with Gasteiger partial charge in [-0.1, -0.05) is 0 Å². The van der Waals surface area contributed by atoms with Gasteiger partial charge in [0.25, 0.3) is 0 Å². The molecule has 2 aromatic rings. The lowest BCUT2D eigenvalue weighted by atomic mass is 10.0. The highest BCUT2D eigenvalue weighted by atomic mass is 16.5. The fourth-order valence-corrected chi connectivity index (χ4v) is 4.07. The van der Waals surface area contributed by atoms with E-state index in [0.717, 1.165) is 32.0 Å². The fourth-order valence-electron chi connectivity index (χ4n) is 4.07. The third-order valence-electron chi connectivity index (χ3n) is 6.00. The van der Waals surface area contributed by atoms with Gasteiger partial charge in [-0.3, -0.25) is 19.3 Å². The molecule has 1 unspecified atom stereocenters. The van der Waals surface area contributed by atoms with Crippen molar-refractivity contribution in [3.05, 3.63) is 46.8 Å². The van der Waals surface area contributed by atoms with Gasteiger partial charge >= 0.3 is 0 Å². The van der Waals surface area contributed by atoms with Crippen LogP contribution in [0.4, 0.5) is 11.4 Å². The summed E-state index contributed by atoms with van der Waals surface area (Å²) in [5.74, 6) is -0.423. The number of hydrogen-bond donors (Lipinski definition) is 2. The number of Topliss-reactive ketones (excluding diaryl/α,β-unsaturated/α-hetero) is 2. The molecule has 1 atom stereocenters. The summed E-state index contributed by atoms with van der Waals surface area (Å²) in [7, 11) is 1.74. The lowest BCUT2D eigenvalue weighted by Gasteiger charge is -2.29. The average Bonchev–Trinajstić information content (AvgIpc) is 3.07. The number of nitrogens with one attached hydrogen (secondary N) is 2. The fraction of sp³-hybridized carbons (Fsp3) is 0.458. The van der Waals surface area contributed by atoms with Gasteiger partial charge in [0.2, 0.25) is 5.91 Å². The van der Waals surface area contributed by atoms with E-state index in [0.29, 0.717) is 28.2 Å². The smallest absolute Gasteiger partial charge is 0.238 e. The molecule has 1 aromatic heterocycles. The second-order valence-corrected chi connectivity index (χ2v) is 8.33. The van der Waals surface area contributed by atoms with Crippen LogP contribution < -0.4 is 10.2 Å². The molecule has 32 heavy (non-hydrogen) atoms. The second kappa shape index (κ2) is 10.1. The number of ether oxygens (including phenoxy) is 1. The monoisotopic (exact) mass is 440 g/mol. The van der Waals surface area contributed by atoms with Crippen LogP contribution in [0.15, 0.2) is 24.3 Å². The summed E-state index contributed by atoms with van der Waals surface area (Å²) in [6.45, 7) is 10.0. The Labute approximate surface area is 188 Å². The van der Waals surface area contributed by atoms with Gasteiger partial charge < -0.3 is 19.9 Å². The molecule has 1 saturated heterocycles. The van der Waals surface area contributed by atoms with Crippen molar-refractivity contribution in [2.45, 2.75) is 33.7 Å². The molecule has 1 aliphatic rings. The molecule has 0 radical (unpaired) electrons. The Hall–Kier alpha value is -2.97. The Kier molecular flexibility index (Phi) is 7.48. The molecule has 8 heteroatoms. The van der Waals surface area contributed by atoms with Crippen LogP contribution in [0.1, 0.15) is 46.0 Å². The summed E-state index contributed by atoms with van der Waals surface area (Å²) in [6, 6.07) is 7.21. The number of amides is 1. The second-order valence-electron chi connectivity index (χ2n) is 8.33. The molecule has 2 heterocycles. The zero-order valence-corrected chi connectivity index (χ0v) is 19.4. The summed E-state index contributed by atoms with van der Waals surface area (Å²) < 4.78 is 5.38. The number of nitrogens with zero attached hydrogens (tertiary/aromatic N) is 2. The standard InChI is InChI=1S/C24H32N4O4/c1-15-22(18(4)29)16(2)25-23(15)24(31)17(3)27(5)14-21(30)26-19-6-8-20(9-7-19)28-10-12-32-13-11-28/h6-9,17,25H,10-14H2,1-5H3,(H,26,30). The molecule has 1 aliphatic heterocycles. The van der Waals surface area contributed by atoms with Gasteiger partial charge in [0.05, 0.1) is 31.5 Å². The summed E-state index contributed by atoms with van der Waals surface area (Å²) in [4.78, 5) is 44.4. The number of rotatable bonds is 8. The maximum atomic E-state index is 13.0. The van der Waals surface area contributed by atoms with Crippen LogP contribution in [0.3, 0.4) is 0 Å². The van der Waals surface area contributed by atoms with Gasteiger partial charge in [0, 0.05) is 35.7 Å². The van der Waals surface area contributed by atoms with Crippen LogP contribution >= 0.6 is 0 Å². The van der Waals surface area contributed by atoms with Crippen LogP contribution in [0.25, 0.3) is 0 Å². The summed E-state index contributed by atoms with van der Waals surface area (Å²) >= 11 is 0. The van der Waals surface area contributed by atoms with Crippen molar-refractivity contribution in [3.63, 3.8) is 0 Å². The maximum Gasteiger partial charge on any atom is 0.238 e. The predicted octanol–water partition coefficient (Wildman–Crippen LogP) is 2.81. The van der Waals surface area contributed by atoms with E-state index >= 15 is 0 Å². The zero-order valence-electron chi connectivity index (χ0n) is 19.4. The normalized spacial score (nSPS) is 15.0. The lowest BCUT2D eigenvalue weighted by Crippen LogP contribution is -2.41. The highest BCUT2D eigenvalue weighted by molar-refractivity contribution is 6.05. The molecule has 8 nitrogen and oxygen atoms in total. The molecular formula is C24H32N4O4. The Morgan fingerprint density at radius 2 is 1.78 bits per heavy atom. The topological polar surface area (TPSA) is 94.7 Å². The van der Waals surface area contributed by atoms with E-state index in [4.69, 9.17) is 4.74 Å². The molecular weight excluding hydrogens is 408 g/mol. The molecule has 1 amide bonds. The number of anilines is 2. The number of H-pyrrole nitrogens is 1. The van der Waals surface area contributed by atoms with Gasteiger partial charge in [-0.05, 0) is 64.6 Å². The first-order valence-electron chi connectivity index (χ1n) is 10.9. The summed E-state index contributed by atoms with van der Waals surface area (Å²) in [6.07, 6.45) is 0. The highest BCUT2D eigenvalue weighted by Gasteiger charge is 2.26. The van der Waals surface area contributed by atoms with Crippen LogP contribution in [0, 0.1) is 13.8 Å². The maximum absolute atomic E-state index is 13.0. The number of aromatic amines is 1. The number of ketones is 2. The third kappa shape index (κ3) is 5.26. The first-order chi connectivity index (χ1) is 15.2. The van der Waals surface area contributed by atoms with E-state index in [1.165, 1.54) is 6.92 Å². The number of aromatic nitrogens is 1. The minimum absolute atomic E-state index is 0.0659. The van der Waals surface area contributed by atoms with E-state index in [-0.39, 0.29) is 24.0 Å². The van der Waals surface area contributed by atoms with E-state index < -0.39 is 6.04 Å². The highest BCUT2D eigenvalue weighted by Crippen LogP contribution is 2.21. The van der Waals surface area contributed by atoms with Crippen LogP contribution in [0.5, 0.6) is 0 Å². The van der Waals surface area contributed by atoms with Gasteiger partial charge in [-0.2, -0.15) is 0 Å². The Morgan fingerprint density at radius 1 is 1.16 bits per heavy atom. The lowest BCUT2D eigenvalue weighted by molar-refractivity contribution is -0.117.